The number of alkyl halides is 2. The molecule has 2 aliphatic heterocycles. The average Bonchev–Trinajstić information content (AvgIpc) is 4.13. The summed E-state index contributed by atoms with van der Waals surface area (Å²) in [5.74, 6) is 0.943. The molecule has 0 unspecified atom stereocenters. The second kappa shape index (κ2) is 18.7. The van der Waals surface area contributed by atoms with Crippen molar-refractivity contribution in [3.63, 3.8) is 0 Å². The summed E-state index contributed by atoms with van der Waals surface area (Å²) < 4.78 is 22.7. The molecular weight excluding hydrogens is 1030 g/mol. The summed E-state index contributed by atoms with van der Waals surface area (Å²) in [7, 11) is -3.50. The first kappa shape index (κ1) is 42.7. The fraction of sp³-hybridized carbons (Fsp3) is 0.0833. The molecule has 0 atom stereocenters. The predicted octanol–water partition coefficient (Wildman–Crippen LogP) is 14.8. The largest absolute Gasteiger partial charge is 0.422 e. The molecule has 5 heterocycles. The van der Waals surface area contributed by atoms with Crippen molar-refractivity contribution >= 4 is 125 Å². The smallest absolute Gasteiger partial charge is 0.390 e. The lowest BCUT2D eigenvalue weighted by molar-refractivity contribution is 0.455. The number of benzene rings is 4. The first-order chi connectivity index (χ1) is 30.2. The molecule has 62 heavy (non-hydrogen) atoms. The highest BCUT2D eigenvalue weighted by atomic mass is 79.9. The standard InChI is InChI=1S/C48H36Br3Cl2N6O2P/c49-33-9-1-29(2-10-33)45-37-17-19-39(56-37)46(30-3-11-34(50)12-4-30)41-21-23-43(58-41)48(32-7-15-36(16-8-32)61-62(60,54-27-25-52)55-28-26-53)44-24-22-42(59-44)47(40-20-18-38(45)57-40)31-5-13-35(51)14-6-31/h1-24,56,59H,25-28H2,(H2,54,55,60). The molecule has 2 aliphatic rings. The van der Waals surface area contributed by atoms with Crippen LogP contribution in [0.15, 0.2) is 135 Å². The summed E-state index contributed by atoms with van der Waals surface area (Å²) in [6.45, 7) is 0.581. The van der Waals surface area contributed by atoms with Crippen LogP contribution < -0.4 is 14.7 Å². The molecule has 8 nitrogen and oxygen atoms in total. The number of fused-ring (bicyclic) bond motifs is 8. The first-order valence-electron chi connectivity index (χ1n) is 19.6. The van der Waals surface area contributed by atoms with Crippen molar-refractivity contribution in [3.8, 4) is 50.3 Å². The van der Waals surface area contributed by atoms with Crippen LogP contribution in [0, 0.1) is 0 Å². The Bertz CT molecular complexity index is 3020. The van der Waals surface area contributed by atoms with E-state index >= 15 is 0 Å². The van der Waals surface area contributed by atoms with E-state index in [2.05, 4.69) is 165 Å². The summed E-state index contributed by atoms with van der Waals surface area (Å²) in [5, 5.41) is 5.82. The van der Waals surface area contributed by atoms with Gasteiger partial charge in [-0.25, -0.2) is 24.7 Å². The minimum atomic E-state index is -3.50. The highest BCUT2D eigenvalue weighted by Gasteiger charge is 2.24. The highest BCUT2D eigenvalue weighted by Crippen LogP contribution is 2.42. The van der Waals surface area contributed by atoms with Crippen molar-refractivity contribution in [1.29, 1.82) is 0 Å². The first-order valence-corrected chi connectivity index (χ1v) is 24.7. The zero-order valence-electron chi connectivity index (χ0n) is 32.7. The molecule has 4 N–H and O–H groups in total. The van der Waals surface area contributed by atoms with Gasteiger partial charge in [-0.1, -0.05) is 96.3 Å². The molecule has 4 aromatic carbocycles. The van der Waals surface area contributed by atoms with Crippen molar-refractivity contribution < 1.29 is 9.09 Å². The Morgan fingerprint density at radius 1 is 0.468 bits per heavy atom. The van der Waals surface area contributed by atoms with Gasteiger partial charge < -0.3 is 14.5 Å². The molecular formula is C48H36Br3Cl2N6O2P. The van der Waals surface area contributed by atoms with Crippen LogP contribution in [0.3, 0.4) is 0 Å². The fourth-order valence-electron chi connectivity index (χ4n) is 7.60. The van der Waals surface area contributed by atoms with Crippen LogP contribution >= 0.6 is 78.7 Å². The number of rotatable bonds is 12. The van der Waals surface area contributed by atoms with E-state index in [1.807, 2.05) is 36.4 Å². The van der Waals surface area contributed by atoms with Crippen molar-refractivity contribution in [2.75, 3.05) is 24.8 Å². The second-order valence-corrected chi connectivity index (χ2v) is 19.8. The van der Waals surface area contributed by atoms with Gasteiger partial charge in [-0.15, -0.1) is 23.2 Å². The predicted molar refractivity (Wildman–Crippen MR) is 269 cm³/mol. The number of aromatic amines is 2. The Kier molecular flexibility index (Phi) is 12.9. The SMILES string of the molecule is O=P(NCCCl)(NCCCl)Oc1ccc(-c2c3nc(c(-c4ccc(Br)cc4)c4ccc([nH]4)c(-c4ccc(Br)cc4)c4nc(c(-c5ccc(Br)cc5)c5ccc2[nH]5)C=C4)C=C3)cc1. The lowest BCUT2D eigenvalue weighted by Crippen LogP contribution is -2.28. The van der Waals surface area contributed by atoms with E-state index < -0.39 is 7.67 Å². The van der Waals surface area contributed by atoms with E-state index in [0.29, 0.717) is 18.8 Å². The second-order valence-electron chi connectivity index (χ2n) is 14.4. The topological polar surface area (TPSA) is 108 Å². The summed E-state index contributed by atoms with van der Waals surface area (Å²) in [4.78, 5) is 18.4. The van der Waals surface area contributed by atoms with Crippen LogP contribution in [0.5, 0.6) is 5.75 Å². The molecule has 310 valence electrons. The van der Waals surface area contributed by atoms with Gasteiger partial charge in [0.05, 0.1) is 22.8 Å². The van der Waals surface area contributed by atoms with Gasteiger partial charge in [0, 0.05) is 82.6 Å². The van der Waals surface area contributed by atoms with E-state index in [4.69, 9.17) is 37.7 Å². The van der Waals surface area contributed by atoms with E-state index in [9.17, 15) is 4.57 Å². The van der Waals surface area contributed by atoms with Gasteiger partial charge in [0.2, 0.25) is 0 Å². The van der Waals surface area contributed by atoms with Crippen LogP contribution in [0.25, 0.3) is 90.9 Å². The van der Waals surface area contributed by atoms with Crippen molar-refractivity contribution in [2.45, 2.75) is 0 Å². The lowest BCUT2D eigenvalue weighted by atomic mass is 10.0. The number of nitrogens with one attached hydrogen (secondary N) is 4. The van der Waals surface area contributed by atoms with Crippen LogP contribution in [0.1, 0.15) is 22.8 Å². The number of aromatic nitrogens is 4. The fourth-order valence-corrected chi connectivity index (χ4v) is 10.3. The third-order valence-electron chi connectivity index (χ3n) is 10.4. The molecule has 0 fully saturated rings. The summed E-state index contributed by atoms with van der Waals surface area (Å²) in [6.07, 6.45) is 8.30. The van der Waals surface area contributed by atoms with Crippen LogP contribution in [-0.4, -0.2) is 44.8 Å². The minimum Gasteiger partial charge on any atom is -0.422 e. The molecule has 3 aromatic heterocycles. The molecule has 9 rings (SSSR count). The zero-order chi connectivity index (χ0) is 42.8. The maximum absolute atomic E-state index is 13.7. The Balaban J connectivity index is 1.34. The number of nitrogens with zero attached hydrogens (tertiary/aromatic N) is 2. The third-order valence-corrected chi connectivity index (χ3v) is 14.1. The zero-order valence-corrected chi connectivity index (χ0v) is 39.9. The molecule has 7 aromatic rings. The van der Waals surface area contributed by atoms with E-state index in [-0.39, 0.29) is 11.8 Å². The number of hydrogen-bond donors (Lipinski definition) is 4. The van der Waals surface area contributed by atoms with Gasteiger partial charge in [0.1, 0.15) is 5.75 Å². The summed E-state index contributed by atoms with van der Waals surface area (Å²) in [6, 6.07) is 40.8. The van der Waals surface area contributed by atoms with Crippen molar-refractivity contribution in [3.05, 3.63) is 158 Å². The molecule has 0 aliphatic carbocycles. The maximum atomic E-state index is 13.7. The number of H-pyrrole nitrogens is 2. The Hall–Kier alpha value is -4.55. The van der Waals surface area contributed by atoms with Crippen molar-refractivity contribution in [1.82, 2.24) is 30.1 Å². The Morgan fingerprint density at radius 3 is 1.05 bits per heavy atom. The normalized spacial score (nSPS) is 12.3. The molecule has 8 bridgehead atoms. The number of halogens is 5. The van der Waals surface area contributed by atoms with E-state index in [0.717, 1.165) is 103 Å². The van der Waals surface area contributed by atoms with Crippen LogP contribution in [0.4, 0.5) is 0 Å². The molecule has 0 amide bonds. The lowest BCUT2D eigenvalue weighted by Gasteiger charge is -2.20. The summed E-state index contributed by atoms with van der Waals surface area (Å²) >= 11 is 22.7. The third kappa shape index (κ3) is 9.09. The highest BCUT2D eigenvalue weighted by molar-refractivity contribution is 9.11. The molecule has 0 saturated heterocycles. The molecule has 0 saturated carbocycles. The van der Waals surface area contributed by atoms with E-state index in [1.165, 1.54) is 0 Å². The monoisotopic (exact) mass is 1070 g/mol. The Morgan fingerprint density at radius 2 is 0.758 bits per heavy atom. The molecule has 0 spiro atoms. The number of hydrogen-bond acceptors (Lipinski definition) is 4. The summed E-state index contributed by atoms with van der Waals surface area (Å²) in [5.41, 5.74) is 14.4. The quantitative estimate of drug-likeness (QED) is 0.0717. The van der Waals surface area contributed by atoms with Gasteiger partial charge in [0.25, 0.3) is 0 Å². The van der Waals surface area contributed by atoms with Crippen LogP contribution in [-0.2, 0) is 4.57 Å². The van der Waals surface area contributed by atoms with Gasteiger partial charge in [-0.3, -0.25) is 0 Å². The van der Waals surface area contributed by atoms with Crippen LogP contribution in [0.2, 0.25) is 0 Å². The van der Waals surface area contributed by atoms with Gasteiger partial charge in [0.15, 0.2) is 0 Å². The Labute approximate surface area is 393 Å². The van der Waals surface area contributed by atoms with Gasteiger partial charge in [-0.05, 0) is 119 Å². The van der Waals surface area contributed by atoms with Crippen molar-refractivity contribution in [2.24, 2.45) is 0 Å². The maximum Gasteiger partial charge on any atom is 0.390 e. The van der Waals surface area contributed by atoms with E-state index in [1.54, 1.807) is 12.1 Å². The van der Waals surface area contributed by atoms with Gasteiger partial charge >= 0.3 is 7.67 Å². The average molecular weight is 1070 g/mol. The van der Waals surface area contributed by atoms with Gasteiger partial charge in [-0.2, -0.15) is 0 Å². The minimum absolute atomic E-state index is 0.265. The molecule has 0 radical (unpaired) electrons. The molecule has 14 heteroatoms.